The van der Waals surface area contributed by atoms with Crippen molar-refractivity contribution in [1.29, 1.82) is 0 Å². The number of hydrogen-bond donors (Lipinski definition) is 5. The van der Waals surface area contributed by atoms with Crippen molar-refractivity contribution in [3.05, 3.63) is 101 Å². The second-order valence-electron chi connectivity index (χ2n) is 12.4. The number of anilines is 1. The highest BCUT2D eigenvalue weighted by atomic mass is 35.5. The minimum Gasteiger partial charge on any atom is -0.453 e. The van der Waals surface area contributed by atoms with E-state index in [0.717, 1.165) is 23.3 Å². The van der Waals surface area contributed by atoms with Crippen molar-refractivity contribution in [3.8, 4) is 0 Å². The van der Waals surface area contributed by atoms with Crippen LogP contribution in [0.3, 0.4) is 0 Å². The molecule has 13 nitrogen and oxygen atoms in total. The maximum atomic E-state index is 11.7. The number of halogens is 1. The number of nitrogens with one attached hydrogen (secondary N) is 1. The highest BCUT2D eigenvalue weighted by molar-refractivity contribution is 7.99. The molecule has 0 radical (unpaired) electrons. The van der Waals surface area contributed by atoms with Gasteiger partial charge in [-0.15, -0.1) is 0 Å². The zero-order valence-corrected chi connectivity index (χ0v) is 29.3. The van der Waals surface area contributed by atoms with Crippen LogP contribution in [0.15, 0.2) is 78.9 Å². The third kappa shape index (κ3) is 9.40. The van der Waals surface area contributed by atoms with E-state index in [9.17, 15) is 25.2 Å². The first-order chi connectivity index (χ1) is 24.7. The number of ether oxygens (including phenoxy) is 7. The van der Waals surface area contributed by atoms with E-state index in [4.69, 9.17) is 40.0 Å². The fourth-order valence-electron chi connectivity index (χ4n) is 6.10. The van der Waals surface area contributed by atoms with Gasteiger partial charge in [-0.1, -0.05) is 78.3 Å². The quantitative estimate of drug-likeness (QED) is 0.171. The number of aliphatic hydroxyl groups excluding tert-OH is 4. The molecule has 15 heteroatoms. The molecule has 1 unspecified atom stereocenters. The van der Waals surface area contributed by atoms with Crippen molar-refractivity contribution in [2.24, 2.45) is 0 Å². The highest BCUT2D eigenvalue weighted by Crippen LogP contribution is 2.36. The van der Waals surface area contributed by atoms with Crippen LogP contribution in [0.2, 0.25) is 5.02 Å². The molecule has 276 valence electrons. The van der Waals surface area contributed by atoms with Crippen molar-refractivity contribution >= 4 is 35.1 Å². The van der Waals surface area contributed by atoms with Crippen LogP contribution in [0.4, 0.5) is 10.5 Å². The van der Waals surface area contributed by atoms with Gasteiger partial charge in [0.05, 0.1) is 37.1 Å². The summed E-state index contributed by atoms with van der Waals surface area (Å²) in [7, 11) is 1.23. The lowest BCUT2D eigenvalue weighted by atomic mass is 9.96. The van der Waals surface area contributed by atoms with E-state index in [1.54, 1.807) is 30.0 Å². The Kier molecular flexibility index (Phi) is 13.2. The normalized spacial score (nSPS) is 32.2. The monoisotopic (exact) mass is 747 g/mol. The molecule has 0 bridgehead atoms. The number of aryl methyl sites for hydroxylation is 1. The number of hydrogen-bond acceptors (Lipinski definition) is 13. The van der Waals surface area contributed by atoms with Gasteiger partial charge in [0.25, 0.3) is 0 Å². The summed E-state index contributed by atoms with van der Waals surface area (Å²) in [6.07, 6.45) is -13.1. The lowest BCUT2D eigenvalue weighted by Crippen LogP contribution is -2.65. The number of carbonyl (C=O) groups is 1. The van der Waals surface area contributed by atoms with E-state index in [2.05, 4.69) is 10.1 Å². The number of methoxy groups -OCH3 is 1. The van der Waals surface area contributed by atoms with Crippen LogP contribution < -0.4 is 5.32 Å². The molecule has 5 N–H and O–H groups in total. The second-order valence-corrected chi connectivity index (χ2v) is 13.9. The highest BCUT2D eigenvalue weighted by Gasteiger charge is 2.53. The minimum absolute atomic E-state index is 0.0520. The number of carbonyl (C=O) groups excluding carboxylic acids is 1. The number of benzene rings is 3. The lowest BCUT2D eigenvalue weighted by molar-refractivity contribution is -0.384. The van der Waals surface area contributed by atoms with Crippen LogP contribution in [0.25, 0.3) is 0 Å². The van der Waals surface area contributed by atoms with Crippen molar-refractivity contribution in [1.82, 2.24) is 0 Å². The Bertz CT molecular complexity index is 1560. The summed E-state index contributed by atoms with van der Waals surface area (Å²) in [5.74, 6) is 1.06. The smallest absolute Gasteiger partial charge is 0.411 e. The fourth-order valence-corrected chi connectivity index (χ4v) is 7.31. The lowest BCUT2D eigenvalue weighted by Gasteiger charge is -2.49. The molecular weight excluding hydrogens is 706 g/mol. The van der Waals surface area contributed by atoms with E-state index in [1.165, 1.54) is 7.11 Å². The second kappa shape index (κ2) is 17.8. The third-order valence-electron chi connectivity index (χ3n) is 8.86. The number of aliphatic hydroxyl groups is 4. The Morgan fingerprint density at radius 3 is 2.35 bits per heavy atom. The standard InChI is InChI=1S/C36H42ClNO12S/c1-44-36(43)38-24-16-21(12-13-23(24)37)17-45-34-29(41)27(39)32(26(48-34)19-51-15-14-20-8-4-2-5-9-20)50-35-30(42)28(40)31-25(47-35)18-46-33(49-31)22-10-6-3-7-11-22/h2-13,16,25-35,39-42H,14-15,17-19H2,1H3,(H,38,43)/t25-,26-,27-,28-,29-,30-,31-,32-,33?,34-,35-/m1/s1. The van der Waals surface area contributed by atoms with E-state index < -0.39 is 73.8 Å². The summed E-state index contributed by atoms with van der Waals surface area (Å²) in [4.78, 5) is 11.7. The summed E-state index contributed by atoms with van der Waals surface area (Å²) in [5.41, 5.74) is 2.82. The van der Waals surface area contributed by atoms with Gasteiger partial charge in [0, 0.05) is 11.3 Å². The van der Waals surface area contributed by atoms with E-state index >= 15 is 0 Å². The van der Waals surface area contributed by atoms with Gasteiger partial charge in [0.1, 0.15) is 42.7 Å². The Morgan fingerprint density at radius 2 is 1.61 bits per heavy atom. The maximum Gasteiger partial charge on any atom is 0.411 e. The molecule has 3 aromatic carbocycles. The molecule has 0 aliphatic carbocycles. The van der Waals surface area contributed by atoms with Gasteiger partial charge in [-0.05, 0) is 35.4 Å². The largest absolute Gasteiger partial charge is 0.453 e. The summed E-state index contributed by atoms with van der Waals surface area (Å²) in [5, 5.41) is 47.7. The van der Waals surface area contributed by atoms with E-state index in [1.807, 2.05) is 60.7 Å². The first-order valence-electron chi connectivity index (χ1n) is 16.6. The molecule has 51 heavy (non-hydrogen) atoms. The number of thioether (sulfide) groups is 1. The zero-order chi connectivity index (χ0) is 35.9. The molecule has 1 amide bonds. The predicted octanol–water partition coefficient (Wildman–Crippen LogP) is 3.40. The molecule has 3 fully saturated rings. The number of rotatable bonds is 12. The molecule has 3 heterocycles. The number of fused-ring (bicyclic) bond motifs is 1. The van der Waals surface area contributed by atoms with Crippen LogP contribution in [-0.2, 0) is 46.2 Å². The summed E-state index contributed by atoms with van der Waals surface area (Å²) >= 11 is 7.77. The van der Waals surface area contributed by atoms with Crippen LogP contribution in [0.1, 0.15) is 23.0 Å². The van der Waals surface area contributed by atoms with Gasteiger partial charge in [0.2, 0.25) is 0 Å². The maximum absolute atomic E-state index is 11.7. The molecule has 0 saturated carbocycles. The summed E-state index contributed by atoms with van der Waals surface area (Å²) in [6, 6.07) is 24.1. The molecule has 3 aromatic rings. The van der Waals surface area contributed by atoms with Crippen LogP contribution in [0.5, 0.6) is 0 Å². The molecule has 11 atom stereocenters. The van der Waals surface area contributed by atoms with Crippen molar-refractivity contribution < 1.29 is 58.4 Å². The first-order valence-corrected chi connectivity index (χ1v) is 18.1. The van der Waals surface area contributed by atoms with E-state index in [0.29, 0.717) is 17.0 Å². The van der Waals surface area contributed by atoms with Gasteiger partial charge in [-0.2, -0.15) is 11.8 Å². The van der Waals surface area contributed by atoms with Gasteiger partial charge in [-0.3, -0.25) is 5.32 Å². The molecule has 3 saturated heterocycles. The third-order valence-corrected chi connectivity index (χ3v) is 10.3. The van der Waals surface area contributed by atoms with E-state index in [-0.39, 0.29) is 18.2 Å². The van der Waals surface area contributed by atoms with Crippen molar-refractivity contribution in [2.75, 3.05) is 30.5 Å². The number of amides is 1. The van der Waals surface area contributed by atoms with Gasteiger partial charge in [0.15, 0.2) is 18.9 Å². The van der Waals surface area contributed by atoms with Gasteiger partial charge in [-0.25, -0.2) is 4.79 Å². The van der Waals surface area contributed by atoms with Crippen LogP contribution in [0, 0.1) is 0 Å². The SMILES string of the molecule is COC(=O)Nc1cc(CO[C@@H]2O[C@H](CSCCc3ccccc3)[C@@H](O[C@H]3O[C@@H]4COC(c5ccccc5)O[C@H]4[C@H](O)[C@H]3O)[C@H](O)[C@H]2O)ccc1Cl. The van der Waals surface area contributed by atoms with Crippen LogP contribution in [-0.4, -0.2) is 113 Å². The molecule has 3 aliphatic rings. The Hall–Kier alpha value is -2.83. The summed E-state index contributed by atoms with van der Waals surface area (Å²) in [6.45, 7) is -0.0129. The predicted molar refractivity (Wildman–Crippen MR) is 186 cm³/mol. The average molecular weight is 748 g/mol. The average Bonchev–Trinajstić information content (AvgIpc) is 3.16. The molecular formula is C36H42ClNO12S. The molecule has 0 aromatic heterocycles. The Labute approximate surface area is 304 Å². The van der Waals surface area contributed by atoms with Gasteiger partial charge < -0.3 is 53.6 Å². The Balaban J connectivity index is 1.13. The van der Waals surface area contributed by atoms with Crippen molar-refractivity contribution in [3.63, 3.8) is 0 Å². The molecule has 0 spiro atoms. The van der Waals surface area contributed by atoms with Gasteiger partial charge >= 0.3 is 6.09 Å². The zero-order valence-electron chi connectivity index (χ0n) is 27.7. The molecule has 3 aliphatic heterocycles. The van der Waals surface area contributed by atoms with Crippen molar-refractivity contribution in [2.45, 2.75) is 80.7 Å². The topological polar surface area (TPSA) is 175 Å². The minimum atomic E-state index is -1.56. The Morgan fingerprint density at radius 1 is 0.882 bits per heavy atom. The fraction of sp³-hybridized carbons (Fsp3) is 0.472. The van der Waals surface area contributed by atoms with Crippen LogP contribution >= 0.6 is 23.4 Å². The molecule has 6 rings (SSSR count). The summed E-state index contributed by atoms with van der Waals surface area (Å²) < 4.78 is 40.9. The first kappa shape index (κ1) is 37.9.